The molecule has 0 aliphatic carbocycles. The predicted octanol–water partition coefficient (Wildman–Crippen LogP) is 4.95. The van der Waals surface area contributed by atoms with E-state index < -0.39 is 0 Å². The highest BCUT2D eigenvalue weighted by atomic mass is 35.5. The SMILES string of the molecule is C[C@H](NC(=O)CSc1nnc(-c2cccc(Cl)c2)n1N)c1ccc(-c2ccccc2)cc1. The Morgan fingerprint density at radius 1 is 1.00 bits per heavy atom. The summed E-state index contributed by atoms with van der Waals surface area (Å²) in [6.45, 7) is 1.96. The number of carbonyl (C=O) groups is 1. The van der Waals surface area contributed by atoms with Gasteiger partial charge >= 0.3 is 0 Å². The van der Waals surface area contributed by atoms with Gasteiger partial charge in [0, 0.05) is 10.6 Å². The minimum absolute atomic E-state index is 0.109. The number of rotatable bonds is 7. The van der Waals surface area contributed by atoms with Crippen molar-refractivity contribution in [1.82, 2.24) is 20.2 Å². The van der Waals surface area contributed by atoms with Gasteiger partial charge in [-0.25, -0.2) is 4.68 Å². The molecule has 0 spiro atoms. The predicted molar refractivity (Wildman–Crippen MR) is 130 cm³/mol. The number of benzene rings is 3. The molecule has 0 saturated carbocycles. The lowest BCUT2D eigenvalue weighted by molar-refractivity contribution is -0.119. The molecule has 8 heteroatoms. The topological polar surface area (TPSA) is 85.8 Å². The minimum atomic E-state index is -0.120. The van der Waals surface area contributed by atoms with Gasteiger partial charge in [0.25, 0.3) is 0 Å². The van der Waals surface area contributed by atoms with Crippen LogP contribution in [0.2, 0.25) is 5.02 Å². The second-order valence-corrected chi connectivity index (χ2v) is 8.63. The van der Waals surface area contributed by atoms with Crippen LogP contribution in [-0.4, -0.2) is 26.5 Å². The number of hydrogen-bond acceptors (Lipinski definition) is 5. The lowest BCUT2D eigenvalue weighted by Crippen LogP contribution is -2.28. The molecule has 4 aromatic rings. The number of halogens is 1. The number of nitrogens with two attached hydrogens (primary N) is 1. The first-order valence-electron chi connectivity index (χ1n) is 10.1. The molecule has 0 fully saturated rings. The standard InChI is InChI=1S/C24H22ClN5OS/c1-16(17-10-12-19(13-11-17)18-6-3-2-4-7-18)27-22(31)15-32-24-29-28-23(30(24)26)20-8-5-9-21(25)14-20/h2-14,16H,15,26H2,1H3,(H,27,31)/t16-/m0/s1. The fourth-order valence-electron chi connectivity index (χ4n) is 3.29. The molecular weight excluding hydrogens is 442 g/mol. The normalized spacial score (nSPS) is 11.8. The molecule has 0 aliphatic heterocycles. The van der Waals surface area contributed by atoms with Crippen molar-refractivity contribution in [3.63, 3.8) is 0 Å². The molecule has 32 heavy (non-hydrogen) atoms. The van der Waals surface area contributed by atoms with E-state index in [0.29, 0.717) is 16.0 Å². The molecule has 0 bridgehead atoms. The van der Waals surface area contributed by atoms with Crippen molar-refractivity contribution in [3.8, 4) is 22.5 Å². The summed E-state index contributed by atoms with van der Waals surface area (Å²) in [6, 6.07) is 25.5. The van der Waals surface area contributed by atoms with Crippen molar-refractivity contribution in [3.05, 3.63) is 89.4 Å². The zero-order valence-electron chi connectivity index (χ0n) is 17.4. The van der Waals surface area contributed by atoms with Gasteiger partial charge < -0.3 is 11.2 Å². The maximum atomic E-state index is 12.5. The number of nitrogens with zero attached hydrogens (tertiary/aromatic N) is 3. The number of hydrogen-bond donors (Lipinski definition) is 2. The van der Waals surface area contributed by atoms with Crippen LogP contribution in [0.15, 0.2) is 84.0 Å². The van der Waals surface area contributed by atoms with Crippen molar-refractivity contribution in [2.45, 2.75) is 18.1 Å². The summed E-state index contributed by atoms with van der Waals surface area (Å²) in [6.07, 6.45) is 0. The molecule has 1 heterocycles. The fourth-order valence-corrected chi connectivity index (χ4v) is 4.15. The Labute approximate surface area is 195 Å². The maximum Gasteiger partial charge on any atom is 0.230 e. The number of nitrogen functional groups attached to an aromatic ring is 1. The van der Waals surface area contributed by atoms with Crippen LogP contribution in [0.4, 0.5) is 0 Å². The molecule has 3 aromatic carbocycles. The smallest absolute Gasteiger partial charge is 0.230 e. The van der Waals surface area contributed by atoms with Gasteiger partial charge in [0.15, 0.2) is 5.82 Å². The first-order valence-corrected chi connectivity index (χ1v) is 11.4. The van der Waals surface area contributed by atoms with Gasteiger partial charge in [0.05, 0.1) is 11.8 Å². The molecule has 0 aliphatic rings. The maximum absolute atomic E-state index is 12.5. The van der Waals surface area contributed by atoms with Gasteiger partial charge in [0.2, 0.25) is 11.1 Å². The Morgan fingerprint density at radius 2 is 1.69 bits per heavy atom. The average Bonchev–Trinajstić information content (AvgIpc) is 3.18. The molecule has 162 valence electrons. The van der Waals surface area contributed by atoms with Crippen LogP contribution in [0, 0.1) is 0 Å². The van der Waals surface area contributed by atoms with Crippen LogP contribution in [0.25, 0.3) is 22.5 Å². The van der Waals surface area contributed by atoms with Gasteiger partial charge in [-0.15, -0.1) is 10.2 Å². The van der Waals surface area contributed by atoms with Gasteiger partial charge in [-0.3, -0.25) is 4.79 Å². The van der Waals surface area contributed by atoms with E-state index in [-0.39, 0.29) is 17.7 Å². The van der Waals surface area contributed by atoms with Crippen LogP contribution in [-0.2, 0) is 4.79 Å². The van der Waals surface area contributed by atoms with Crippen LogP contribution >= 0.6 is 23.4 Å². The lowest BCUT2D eigenvalue weighted by atomic mass is 10.0. The number of amides is 1. The van der Waals surface area contributed by atoms with Crippen LogP contribution in [0.3, 0.4) is 0 Å². The summed E-state index contributed by atoms with van der Waals surface area (Å²) < 4.78 is 1.37. The van der Waals surface area contributed by atoms with Gasteiger partial charge in [-0.2, -0.15) is 0 Å². The molecule has 1 atom stereocenters. The largest absolute Gasteiger partial charge is 0.349 e. The van der Waals surface area contributed by atoms with E-state index in [1.807, 2.05) is 49.4 Å². The van der Waals surface area contributed by atoms with Crippen molar-refractivity contribution in [1.29, 1.82) is 0 Å². The molecule has 3 N–H and O–H groups in total. The molecule has 4 rings (SSSR count). The van der Waals surface area contributed by atoms with Crippen molar-refractivity contribution < 1.29 is 4.79 Å². The molecule has 0 radical (unpaired) electrons. The van der Waals surface area contributed by atoms with Crippen molar-refractivity contribution in [2.75, 3.05) is 11.6 Å². The zero-order chi connectivity index (χ0) is 22.5. The zero-order valence-corrected chi connectivity index (χ0v) is 19.0. The molecular formula is C24H22ClN5OS. The third-order valence-corrected chi connectivity index (χ3v) is 6.15. The van der Waals surface area contributed by atoms with Gasteiger partial charge in [-0.05, 0) is 35.7 Å². The first-order chi connectivity index (χ1) is 15.5. The first kappa shape index (κ1) is 21.9. The Bertz CT molecular complexity index is 1210. The Hall–Kier alpha value is -3.29. The van der Waals surface area contributed by atoms with E-state index in [4.69, 9.17) is 17.4 Å². The number of nitrogens with one attached hydrogen (secondary N) is 1. The highest BCUT2D eigenvalue weighted by molar-refractivity contribution is 7.99. The van der Waals surface area contributed by atoms with E-state index in [2.05, 4.69) is 39.8 Å². The van der Waals surface area contributed by atoms with E-state index in [9.17, 15) is 4.79 Å². The summed E-state index contributed by atoms with van der Waals surface area (Å²) in [4.78, 5) is 12.5. The molecule has 1 amide bonds. The highest BCUT2D eigenvalue weighted by Crippen LogP contribution is 2.24. The quantitative estimate of drug-likeness (QED) is 0.299. The van der Waals surface area contributed by atoms with E-state index in [0.717, 1.165) is 22.3 Å². The summed E-state index contributed by atoms with van der Waals surface area (Å²) in [5, 5.41) is 12.3. The lowest BCUT2D eigenvalue weighted by Gasteiger charge is -2.15. The monoisotopic (exact) mass is 463 g/mol. The Kier molecular flexibility index (Phi) is 6.78. The molecule has 1 aromatic heterocycles. The van der Waals surface area contributed by atoms with E-state index in [1.54, 1.807) is 12.1 Å². The fraction of sp³-hybridized carbons (Fsp3) is 0.125. The van der Waals surface area contributed by atoms with Gasteiger partial charge in [-0.1, -0.05) is 90.1 Å². The number of carbonyl (C=O) groups excluding carboxylic acids is 1. The summed E-state index contributed by atoms with van der Waals surface area (Å²) >= 11 is 7.27. The minimum Gasteiger partial charge on any atom is -0.349 e. The van der Waals surface area contributed by atoms with E-state index >= 15 is 0 Å². The van der Waals surface area contributed by atoms with Crippen LogP contribution < -0.4 is 11.2 Å². The molecule has 0 saturated heterocycles. The Balaban J connectivity index is 1.34. The van der Waals surface area contributed by atoms with Gasteiger partial charge in [0.1, 0.15) is 0 Å². The summed E-state index contributed by atoms with van der Waals surface area (Å²) in [5.74, 6) is 6.68. The second kappa shape index (κ2) is 9.89. The third-order valence-electron chi connectivity index (χ3n) is 4.98. The summed E-state index contributed by atoms with van der Waals surface area (Å²) in [5.41, 5.74) is 4.10. The van der Waals surface area contributed by atoms with Crippen molar-refractivity contribution >= 4 is 29.3 Å². The van der Waals surface area contributed by atoms with Crippen LogP contribution in [0.5, 0.6) is 0 Å². The summed E-state index contributed by atoms with van der Waals surface area (Å²) in [7, 11) is 0. The number of aromatic nitrogens is 3. The molecule has 0 unspecified atom stereocenters. The van der Waals surface area contributed by atoms with Crippen molar-refractivity contribution in [2.24, 2.45) is 0 Å². The number of thioether (sulfide) groups is 1. The Morgan fingerprint density at radius 3 is 2.41 bits per heavy atom. The second-order valence-electron chi connectivity index (χ2n) is 7.25. The van der Waals surface area contributed by atoms with E-state index in [1.165, 1.54) is 16.4 Å². The van der Waals surface area contributed by atoms with Crippen LogP contribution in [0.1, 0.15) is 18.5 Å². The average molecular weight is 464 g/mol. The highest BCUT2D eigenvalue weighted by Gasteiger charge is 2.15. The third kappa shape index (κ3) is 5.12. The molecule has 6 nitrogen and oxygen atoms in total.